The molecule has 0 bridgehead atoms. The minimum atomic E-state index is -0.729. The number of rotatable bonds is 11. The molecule has 3 aromatic rings. The molecule has 1 N–H and O–H groups in total. The van der Waals surface area contributed by atoms with E-state index in [4.69, 9.17) is 27.9 Å². The fraction of sp³-hybridized carbons (Fsp3) is 0.286. The number of hydrogen-bond acceptors (Lipinski definition) is 3. The number of amides is 2. The highest BCUT2D eigenvalue weighted by Gasteiger charge is 2.30. The van der Waals surface area contributed by atoms with Gasteiger partial charge in [0.15, 0.2) is 6.61 Å². The number of carbonyl (C=O) groups is 2. The molecular formula is C28H30Cl2N2O3. The lowest BCUT2D eigenvalue weighted by atomic mass is 10.0. The second-order valence-corrected chi connectivity index (χ2v) is 9.18. The lowest BCUT2D eigenvalue weighted by Crippen LogP contribution is -2.51. The first kappa shape index (κ1) is 26.6. The van der Waals surface area contributed by atoms with Crippen molar-refractivity contribution in [2.24, 2.45) is 0 Å². The molecule has 5 nitrogen and oxygen atoms in total. The van der Waals surface area contributed by atoms with Gasteiger partial charge in [-0.05, 0) is 48.7 Å². The average molecular weight is 513 g/mol. The molecule has 0 saturated carbocycles. The molecule has 2 amide bonds. The lowest BCUT2D eigenvalue weighted by Gasteiger charge is -2.31. The van der Waals surface area contributed by atoms with Gasteiger partial charge < -0.3 is 15.0 Å². The van der Waals surface area contributed by atoms with Crippen LogP contribution in [0.2, 0.25) is 10.0 Å². The Morgan fingerprint density at radius 1 is 0.943 bits per heavy atom. The van der Waals surface area contributed by atoms with Crippen LogP contribution in [0.4, 0.5) is 0 Å². The molecule has 0 heterocycles. The van der Waals surface area contributed by atoms with Gasteiger partial charge in [0.2, 0.25) is 5.91 Å². The van der Waals surface area contributed by atoms with E-state index in [0.29, 0.717) is 28.8 Å². The SMILES string of the molecule is CCCNC(=O)[C@H](Cc1ccccc1)N(Cc1ccc(Cl)c(Cl)c1)C(=O)COc1ccc(C)cc1. The highest BCUT2D eigenvalue weighted by molar-refractivity contribution is 6.42. The first-order chi connectivity index (χ1) is 16.9. The Labute approximate surface area is 217 Å². The summed E-state index contributed by atoms with van der Waals surface area (Å²) in [5.41, 5.74) is 2.82. The Morgan fingerprint density at radius 2 is 1.66 bits per heavy atom. The molecule has 1 atom stereocenters. The van der Waals surface area contributed by atoms with E-state index < -0.39 is 6.04 Å². The molecule has 184 valence electrons. The van der Waals surface area contributed by atoms with Crippen LogP contribution < -0.4 is 10.1 Å². The standard InChI is InChI=1S/C28H30Cl2N2O3/c1-3-15-31-28(34)26(17-21-7-5-4-6-8-21)32(18-22-11-14-24(29)25(30)16-22)27(33)19-35-23-12-9-20(2)10-13-23/h4-14,16,26H,3,15,17-19H2,1-2H3,(H,31,34)/t26-/m0/s1. The van der Waals surface area contributed by atoms with Crippen molar-refractivity contribution in [1.82, 2.24) is 10.2 Å². The second kappa shape index (κ2) is 13.2. The summed E-state index contributed by atoms with van der Waals surface area (Å²) in [6.45, 7) is 4.48. The summed E-state index contributed by atoms with van der Waals surface area (Å²) < 4.78 is 5.78. The quantitative estimate of drug-likeness (QED) is 0.350. The van der Waals surface area contributed by atoms with Gasteiger partial charge in [-0.3, -0.25) is 9.59 Å². The molecule has 0 spiro atoms. The van der Waals surface area contributed by atoms with Gasteiger partial charge in [0.25, 0.3) is 5.91 Å². The van der Waals surface area contributed by atoms with Gasteiger partial charge in [-0.25, -0.2) is 0 Å². The van der Waals surface area contributed by atoms with E-state index in [1.165, 1.54) is 0 Å². The molecule has 7 heteroatoms. The summed E-state index contributed by atoms with van der Waals surface area (Å²) >= 11 is 12.3. The van der Waals surface area contributed by atoms with Gasteiger partial charge in [0, 0.05) is 19.5 Å². The predicted molar refractivity (Wildman–Crippen MR) is 141 cm³/mol. The van der Waals surface area contributed by atoms with E-state index in [-0.39, 0.29) is 25.0 Å². The Kier molecular flexibility index (Phi) is 10.0. The normalized spacial score (nSPS) is 11.5. The molecule has 3 rings (SSSR count). The van der Waals surface area contributed by atoms with E-state index >= 15 is 0 Å². The van der Waals surface area contributed by atoms with Gasteiger partial charge in [0.1, 0.15) is 11.8 Å². The maximum Gasteiger partial charge on any atom is 0.261 e. The van der Waals surface area contributed by atoms with E-state index in [0.717, 1.165) is 23.1 Å². The van der Waals surface area contributed by atoms with E-state index in [1.54, 1.807) is 23.1 Å². The Hall–Kier alpha value is -3.02. The van der Waals surface area contributed by atoms with Crippen molar-refractivity contribution in [3.63, 3.8) is 0 Å². The largest absolute Gasteiger partial charge is 0.484 e. The number of halogens is 2. The summed E-state index contributed by atoms with van der Waals surface area (Å²) in [5.74, 6) is 0.0807. The van der Waals surface area contributed by atoms with E-state index in [2.05, 4.69) is 5.32 Å². The fourth-order valence-electron chi connectivity index (χ4n) is 3.62. The minimum Gasteiger partial charge on any atom is -0.484 e. The molecule has 0 unspecified atom stereocenters. The smallest absolute Gasteiger partial charge is 0.261 e. The third kappa shape index (κ3) is 8.01. The third-order valence-electron chi connectivity index (χ3n) is 5.54. The van der Waals surface area contributed by atoms with Crippen LogP contribution in [-0.2, 0) is 22.6 Å². The summed E-state index contributed by atoms with van der Waals surface area (Å²) in [6.07, 6.45) is 1.16. The molecule has 0 aromatic heterocycles. The zero-order chi connectivity index (χ0) is 25.2. The summed E-state index contributed by atoms with van der Waals surface area (Å²) in [7, 11) is 0. The number of benzene rings is 3. The van der Waals surface area contributed by atoms with Gasteiger partial charge in [-0.2, -0.15) is 0 Å². The Balaban J connectivity index is 1.90. The molecule has 0 radical (unpaired) electrons. The first-order valence-corrected chi connectivity index (χ1v) is 12.4. The molecule has 0 fully saturated rings. The van der Waals surface area contributed by atoms with Crippen molar-refractivity contribution in [2.45, 2.75) is 39.3 Å². The van der Waals surface area contributed by atoms with Crippen molar-refractivity contribution in [2.75, 3.05) is 13.2 Å². The summed E-state index contributed by atoms with van der Waals surface area (Å²) in [4.78, 5) is 28.4. The van der Waals surface area contributed by atoms with E-state index in [1.807, 2.05) is 68.4 Å². The molecule has 35 heavy (non-hydrogen) atoms. The molecule has 0 aliphatic rings. The van der Waals surface area contributed by atoms with Crippen molar-refractivity contribution < 1.29 is 14.3 Å². The molecule has 0 saturated heterocycles. The van der Waals surface area contributed by atoms with Crippen LogP contribution in [0, 0.1) is 6.92 Å². The van der Waals surface area contributed by atoms with Crippen LogP contribution in [0.15, 0.2) is 72.8 Å². The molecule has 0 aliphatic carbocycles. The van der Waals surface area contributed by atoms with Crippen LogP contribution in [-0.4, -0.2) is 35.9 Å². The number of hydrogen-bond donors (Lipinski definition) is 1. The molecular weight excluding hydrogens is 483 g/mol. The van der Waals surface area contributed by atoms with Crippen molar-refractivity contribution in [3.8, 4) is 5.75 Å². The lowest BCUT2D eigenvalue weighted by molar-refractivity contribution is -0.142. The highest BCUT2D eigenvalue weighted by atomic mass is 35.5. The van der Waals surface area contributed by atoms with Crippen LogP contribution >= 0.6 is 23.2 Å². The van der Waals surface area contributed by atoms with Crippen molar-refractivity contribution in [3.05, 3.63) is 99.5 Å². The number of aryl methyl sites for hydroxylation is 1. The minimum absolute atomic E-state index is 0.185. The predicted octanol–water partition coefficient (Wildman–Crippen LogP) is 5.85. The van der Waals surface area contributed by atoms with Gasteiger partial charge in [-0.15, -0.1) is 0 Å². The number of carbonyl (C=O) groups excluding carboxylic acids is 2. The summed E-state index contributed by atoms with van der Waals surface area (Å²) in [6, 6.07) is 21.6. The van der Waals surface area contributed by atoms with E-state index in [9.17, 15) is 9.59 Å². The van der Waals surface area contributed by atoms with Crippen molar-refractivity contribution in [1.29, 1.82) is 0 Å². The van der Waals surface area contributed by atoms with Crippen molar-refractivity contribution >= 4 is 35.0 Å². The van der Waals surface area contributed by atoms with Crippen LogP contribution in [0.3, 0.4) is 0 Å². The topological polar surface area (TPSA) is 58.6 Å². The molecule has 3 aromatic carbocycles. The fourth-order valence-corrected chi connectivity index (χ4v) is 3.94. The monoisotopic (exact) mass is 512 g/mol. The van der Waals surface area contributed by atoms with Gasteiger partial charge >= 0.3 is 0 Å². The third-order valence-corrected chi connectivity index (χ3v) is 6.28. The Bertz CT molecular complexity index is 1120. The Morgan fingerprint density at radius 3 is 2.31 bits per heavy atom. The zero-order valence-corrected chi connectivity index (χ0v) is 21.5. The maximum absolute atomic E-state index is 13.5. The number of nitrogens with zero attached hydrogens (tertiary/aromatic N) is 1. The number of ether oxygens (including phenoxy) is 1. The second-order valence-electron chi connectivity index (χ2n) is 8.37. The average Bonchev–Trinajstić information content (AvgIpc) is 2.86. The highest BCUT2D eigenvalue weighted by Crippen LogP contribution is 2.24. The summed E-state index contributed by atoms with van der Waals surface area (Å²) in [5, 5.41) is 3.77. The number of nitrogens with one attached hydrogen (secondary N) is 1. The van der Waals surface area contributed by atoms with Gasteiger partial charge in [-0.1, -0.05) is 84.2 Å². The maximum atomic E-state index is 13.5. The first-order valence-electron chi connectivity index (χ1n) is 11.6. The van der Waals surface area contributed by atoms with Gasteiger partial charge in [0.05, 0.1) is 10.0 Å². The van der Waals surface area contributed by atoms with Crippen LogP contribution in [0.5, 0.6) is 5.75 Å². The van der Waals surface area contributed by atoms with Crippen LogP contribution in [0.1, 0.15) is 30.0 Å². The zero-order valence-electron chi connectivity index (χ0n) is 20.0. The van der Waals surface area contributed by atoms with Crippen LogP contribution in [0.25, 0.3) is 0 Å². The molecule has 0 aliphatic heterocycles.